The molecule has 0 aromatic carbocycles. The Hall–Kier alpha value is -4.92. The van der Waals surface area contributed by atoms with Gasteiger partial charge < -0.3 is 34.9 Å². The van der Waals surface area contributed by atoms with Crippen LogP contribution in [0.3, 0.4) is 0 Å². The number of fused-ring (bicyclic) bond motifs is 8. The van der Waals surface area contributed by atoms with E-state index in [0.29, 0.717) is 28.3 Å². The van der Waals surface area contributed by atoms with Crippen molar-refractivity contribution in [2.24, 2.45) is 5.92 Å². The molecular formula is C35H38N4O5. The molecule has 9 heteroatoms. The standard InChI is InChI=1S/C35H38N4O5/c1-8-19-15(3)22-12-24-17(5)21(10-11-28(40)41)32(38-24)30-31(35(43)44-7)34(42)29-18(6)25(39-33(29)30)14-27-20(9-2)16(4)23(37-27)13-26(19)36-22/h8,13-14,31,36-39,42H,1,9-12H2,2-7H3,(H,40,41)/b23-13-,27-14-/t31-/m1/s1. The molecule has 0 spiro atoms. The number of esters is 1. The van der Waals surface area contributed by atoms with Crippen molar-refractivity contribution in [1.82, 2.24) is 19.9 Å². The van der Waals surface area contributed by atoms with Crippen LogP contribution in [0, 0.1) is 33.6 Å². The third-order valence-electron chi connectivity index (χ3n) is 9.53. The number of ether oxygens (including phenoxy) is 1. The van der Waals surface area contributed by atoms with Crippen molar-refractivity contribution in [2.45, 2.75) is 60.3 Å². The summed E-state index contributed by atoms with van der Waals surface area (Å²) >= 11 is 0. The quantitative estimate of drug-likeness (QED) is 0.190. The van der Waals surface area contributed by atoms with Gasteiger partial charge in [-0.1, -0.05) is 19.6 Å². The Bertz CT molecular complexity index is 2150. The number of rotatable bonds is 6. The molecule has 2 aliphatic rings. The number of carboxylic acids is 1. The molecule has 0 saturated carbocycles. The highest BCUT2D eigenvalue weighted by Crippen LogP contribution is 2.35. The number of aliphatic hydroxyl groups is 1. The Morgan fingerprint density at radius 1 is 0.955 bits per heavy atom. The van der Waals surface area contributed by atoms with Crippen LogP contribution in [0.15, 0.2) is 6.58 Å². The number of carbonyl (C=O) groups is 2. The molecule has 44 heavy (non-hydrogen) atoms. The number of H-pyrrole nitrogens is 4. The number of aromatic nitrogens is 4. The summed E-state index contributed by atoms with van der Waals surface area (Å²) in [6, 6.07) is 0. The van der Waals surface area contributed by atoms with Gasteiger partial charge in [0.1, 0.15) is 11.7 Å². The molecule has 9 nitrogen and oxygen atoms in total. The molecule has 0 radical (unpaired) electrons. The van der Waals surface area contributed by atoms with Gasteiger partial charge >= 0.3 is 11.9 Å². The van der Waals surface area contributed by atoms with Gasteiger partial charge in [0.2, 0.25) is 0 Å². The fraction of sp³-hybridized carbons (Fsp3) is 0.314. The lowest BCUT2D eigenvalue weighted by atomic mass is 9.92. The van der Waals surface area contributed by atoms with Crippen LogP contribution in [-0.2, 0) is 33.6 Å². The summed E-state index contributed by atoms with van der Waals surface area (Å²) in [5, 5.41) is 24.4. The van der Waals surface area contributed by atoms with E-state index in [4.69, 9.17) is 4.74 Å². The number of aromatic amines is 4. The number of methoxy groups -OCH3 is 1. The summed E-state index contributed by atoms with van der Waals surface area (Å²) in [6.07, 6.45) is 7.56. The molecule has 5 heterocycles. The molecule has 4 aromatic heterocycles. The Morgan fingerprint density at radius 3 is 2.32 bits per heavy atom. The summed E-state index contributed by atoms with van der Waals surface area (Å²) in [5.41, 5.74) is 11.8. The first-order chi connectivity index (χ1) is 21.0. The predicted octanol–water partition coefficient (Wildman–Crippen LogP) is 2.69. The van der Waals surface area contributed by atoms with Crippen molar-refractivity contribution in [1.29, 1.82) is 0 Å². The van der Waals surface area contributed by atoms with Crippen LogP contribution in [0.2, 0.25) is 0 Å². The molecule has 0 unspecified atom stereocenters. The maximum atomic E-state index is 13.3. The van der Waals surface area contributed by atoms with E-state index in [0.717, 1.165) is 73.3 Å². The molecule has 1 aliphatic heterocycles. The van der Waals surface area contributed by atoms with Crippen molar-refractivity contribution in [2.75, 3.05) is 7.11 Å². The van der Waals surface area contributed by atoms with Crippen LogP contribution in [0.25, 0.3) is 29.6 Å². The largest absolute Gasteiger partial charge is 0.510 e. The maximum Gasteiger partial charge on any atom is 0.321 e. The van der Waals surface area contributed by atoms with Crippen LogP contribution in [-0.4, -0.2) is 49.2 Å². The second-order valence-electron chi connectivity index (χ2n) is 11.8. The van der Waals surface area contributed by atoms with Crippen LogP contribution >= 0.6 is 0 Å². The summed E-state index contributed by atoms with van der Waals surface area (Å²) in [6.45, 7) is 14.3. The zero-order valence-corrected chi connectivity index (χ0v) is 26.0. The number of hydrogen-bond donors (Lipinski definition) is 6. The van der Waals surface area contributed by atoms with Gasteiger partial charge in [-0.05, 0) is 86.1 Å². The topological polar surface area (TPSA) is 147 Å². The molecule has 6 rings (SSSR count). The van der Waals surface area contributed by atoms with Gasteiger partial charge in [-0.2, -0.15) is 0 Å². The van der Waals surface area contributed by atoms with Crippen LogP contribution in [0.1, 0.15) is 80.8 Å². The van der Waals surface area contributed by atoms with E-state index in [9.17, 15) is 19.8 Å². The lowest BCUT2D eigenvalue weighted by molar-refractivity contribution is -0.142. The summed E-state index contributed by atoms with van der Waals surface area (Å²) in [4.78, 5) is 39.3. The van der Waals surface area contributed by atoms with E-state index < -0.39 is 17.9 Å². The van der Waals surface area contributed by atoms with Crippen LogP contribution in [0.5, 0.6) is 0 Å². The van der Waals surface area contributed by atoms with Crippen molar-refractivity contribution in [3.63, 3.8) is 0 Å². The number of nitrogens with one attached hydrogen (secondary N) is 4. The Kier molecular flexibility index (Phi) is 7.07. The predicted molar refractivity (Wildman–Crippen MR) is 170 cm³/mol. The zero-order valence-electron chi connectivity index (χ0n) is 26.0. The summed E-state index contributed by atoms with van der Waals surface area (Å²) in [5.74, 6) is -2.65. The van der Waals surface area contributed by atoms with Gasteiger partial charge in [0.15, 0.2) is 0 Å². The minimum atomic E-state index is -1.06. The Labute approximate surface area is 254 Å². The number of carbonyl (C=O) groups excluding carboxylic acids is 1. The molecule has 4 aromatic rings. The lowest BCUT2D eigenvalue weighted by Gasteiger charge is -2.15. The van der Waals surface area contributed by atoms with E-state index in [1.54, 1.807) is 0 Å². The molecule has 8 bridgehead atoms. The fourth-order valence-electron chi connectivity index (χ4n) is 7.07. The molecule has 1 aliphatic carbocycles. The first kappa shape index (κ1) is 29.2. The van der Waals surface area contributed by atoms with Gasteiger partial charge in [0.25, 0.3) is 0 Å². The van der Waals surface area contributed by atoms with Gasteiger partial charge in [-0.15, -0.1) is 0 Å². The monoisotopic (exact) mass is 594 g/mol. The average molecular weight is 595 g/mol. The van der Waals surface area contributed by atoms with Crippen molar-refractivity contribution < 1.29 is 24.5 Å². The van der Waals surface area contributed by atoms with E-state index >= 15 is 0 Å². The minimum absolute atomic E-state index is 0.0813. The smallest absolute Gasteiger partial charge is 0.321 e. The molecule has 0 saturated heterocycles. The highest BCUT2D eigenvalue weighted by molar-refractivity contribution is 5.98. The Morgan fingerprint density at radius 2 is 1.66 bits per heavy atom. The SMILES string of the molecule is C=Cc1c2[nH]c(c1C)Cc1[nH]c(c(CCC(=O)O)c1C)C1=c3[nH]c(c(C)c3=C(O)[C@@H]1C(=O)OC)/C=c1\[nH]/c(c(C)c1CC)=C\2. The third-order valence-corrected chi connectivity index (χ3v) is 9.53. The molecule has 0 fully saturated rings. The maximum absolute atomic E-state index is 13.3. The molecular weight excluding hydrogens is 556 g/mol. The molecule has 228 valence electrons. The van der Waals surface area contributed by atoms with Gasteiger partial charge in [0.05, 0.1) is 12.5 Å². The Balaban J connectivity index is 1.78. The highest BCUT2D eigenvalue weighted by Gasteiger charge is 2.38. The van der Waals surface area contributed by atoms with E-state index in [1.165, 1.54) is 12.7 Å². The van der Waals surface area contributed by atoms with E-state index in [2.05, 4.69) is 59.4 Å². The minimum Gasteiger partial charge on any atom is -0.510 e. The second-order valence-corrected chi connectivity index (χ2v) is 11.8. The zero-order chi connectivity index (χ0) is 31.6. The van der Waals surface area contributed by atoms with Gasteiger partial charge in [0, 0.05) is 68.4 Å². The highest BCUT2D eigenvalue weighted by atomic mass is 16.5. The van der Waals surface area contributed by atoms with E-state index in [1.807, 2.05) is 19.9 Å². The lowest BCUT2D eigenvalue weighted by Crippen LogP contribution is -2.24. The fourth-order valence-corrected chi connectivity index (χ4v) is 7.07. The average Bonchev–Trinajstić information content (AvgIpc) is 3.72. The van der Waals surface area contributed by atoms with Gasteiger partial charge in [-0.25, -0.2) is 0 Å². The number of aliphatic hydroxyl groups excluding tert-OH is 1. The van der Waals surface area contributed by atoms with Crippen molar-refractivity contribution in [3.05, 3.63) is 95.3 Å². The van der Waals surface area contributed by atoms with Crippen LogP contribution in [0.4, 0.5) is 0 Å². The normalized spacial score (nSPS) is 16.8. The first-order valence-corrected chi connectivity index (χ1v) is 14.9. The van der Waals surface area contributed by atoms with Crippen molar-refractivity contribution in [3.8, 4) is 0 Å². The summed E-state index contributed by atoms with van der Waals surface area (Å²) in [7, 11) is 1.30. The first-order valence-electron chi connectivity index (χ1n) is 14.9. The summed E-state index contributed by atoms with van der Waals surface area (Å²) < 4.78 is 5.18. The third kappa shape index (κ3) is 4.29. The molecule has 6 N–H and O–H groups in total. The molecule has 0 amide bonds. The van der Waals surface area contributed by atoms with Gasteiger partial charge in [-0.3, -0.25) is 9.59 Å². The van der Waals surface area contributed by atoms with Crippen LogP contribution < -0.4 is 21.3 Å². The van der Waals surface area contributed by atoms with E-state index in [-0.39, 0.29) is 18.6 Å². The number of carboxylic acid groups (broad SMARTS) is 1. The van der Waals surface area contributed by atoms with Crippen molar-refractivity contribution >= 4 is 41.5 Å². The second kappa shape index (κ2) is 10.7. The number of hydrogen-bond acceptors (Lipinski definition) is 4. The molecule has 1 atom stereocenters. The number of aliphatic carboxylic acids is 1.